The summed E-state index contributed by atoms with van der Waals surface area (Å²) in [6.07, 6.45) is 14.2. The van der Waals surface area contributed by atoms with Crippen molar-refractivity contribution in [2.75, 3.05) is 6.61 Å². The standard InChI is InChI=1S/C29H50O3.C19H32O6/c1-7-9-19(4)23-12-13-24-22-11-10-20-16-21(32-27(31)18(3)8-2)14-15-28(20,5)25(22)17-26(30)29(23,24)6;1-8-18(6,11-13(2)15(21)24-17(3,4)5)16(22)25-19(7)9-10-23-14(20)12-19/h18-26,30H,7-17H2,1-6H3;13H,8-12H2,1-7H3/t18?,19?,20?,21-,22?,23?,24?,25?,26-,28-,29+;/m0./s1. The van der Waals surface area contributed by atoms with Crippen LogP contribution in [0.5, 0.6) is 0 Å². The summed E-state index contributed by atoms with van der Waals surface area (Å²) >= 11 is 0. The summed E-state index contributed by atoms with van der Waals surface area (Å²) in [6, 6.07) is 0. The fourth-order valence-corrected chi connectivity index (χ4v) is 12.1. The first-order valence-electron chi connectivity index (χ1n) is 23.0. The molecule has 1 N–H and O–H groups in total. The highest BCUT2D eigenvalue weighted by molar-refractivity contribution is 5.80. The van der Waals surface area contributed by atoms with Gasteiger partial charge in [0.1, 0.15) is 17.3 Å². The summed E-state index contributed by atoms with van der Waals surface area (Å²) in [4.78, 5) is 48.9. The number of carbonyl (C=O) groups excluding carboxylic acids is 4. The fourth-order valence-electron chi connectivity index (χ4n) is 12.1. The molecule has 0 aromatic heterocycles. The van der Waals surface area contributed by atoms with Crippen molar-refractivity contribution in [1.29, 1.82) is 0 Å². The summed E-state index contributed by atoms with van der Waals surface area (Å²) in [5.41, 5.74) is -1.82. The second kappa shape index (κ2) is 18.6. The molecule has 4 saturated carbocycles. The molecule has 4 aliphatic carbocycles. The van der Waals surface area contributed by atoms with Gasteiger partial charge < -0.3 is 24.1 Å². The first-order valence-corrected chi connectivity index (χ1v) is 23.0. The number of aliphatic hydroxyl groups is 1. The van der Waals surface area contributed by atoms with Gasteiger partial charge in [-0.15, -0.1) is 0 Å². The first kappa shape index (κ1) is 47.5. The van der Waals surface area contributed by atoms with Crippen LogP contribution in [-0.2, 0) is 38.1 Å². The Hall–Kier alpha value is -2.16. The van der Waals surface area contributed by atoms with Gasteiger partial charge >= 0.3 is 23.9 Å². The van der Waals surface area contributed by atoms with Crippen LogP contribution in [0.15, 0.2) is 0 Å². The molecule has 10 unspecified atom stereocenters. The molecular weight excluding hydrogens is 721 g/mol. The van der Waals surface area contributed by atoms with Crippen LogP contribution in [0.3, 0.4) is 0 Å². The zero-order valence-corrected chi connectivity index (χ0v) is 38.3. The molecule has 0 radical (unpaired) electrons. The minimum absolute atomic E-state index is 0.00293. The van der Waals surface area contributed by atoms with Crippen molar-refractivity contribution in [3.05, 3.63) is 0 Å². The fraction of sp³-hybridized carbons (Fsp3) is 0.917. The summed E-state index contributed by atoms with van der Waals surface area (Å²) in [7, 11) is 0. The molecule has 9 heteroatoms. The smallest absolute Gasteiger partial charge is 0.312 e. The van der Waals surface area contributed by atoms with E-state index in [9.17, 15) is 24.3 Å². The Morgan fingerprint density at radius 2 is 1.56 bits per heavy atom. The minimum atomic E-state index is -0.849. The number of fused-ring (bicyclic) bond motifs is 5. The molecule has 0 aromatic carbocycles. The third kappa shape index (κ3) is 10.6. The van der Waals surface area contributed by atoms with Crippen LogP contribution >= 0.6 is 0 Å². The topological polar surface area (TPSA) is 125 Å². The van der Waals surface area contributed by atoms with Crippen LogP contribution in [0.1, 0.15) is 186 Å². The molecule has 0 spiro atoms. The molecular formula is C48H82O9. The predicted molar refractivity (Wildman–Crippen MR) is 223 cm³/mol. The Morgan fingerprint density at radius 3 is 2.16 bits per heavy atom. The lowest BCUT2D eigenvalue weighted by Crippen LogP contribution is -2.59. The van der Waals surface area contributed by atoms with Crippen LogP contribution in [-0.4, -0.2) is 59.0 Å². The molecule has 328 valence electrons. The van der Waals surface area contributed by atoms with E-state index >= 15 is 0 Å². The van der Waals surface area contributed by atoms with Gasteiger partial charge in [0.2, 0.25) is 0 Å². The van der Waals surface area contributed by atoms with Crippen molar-refractivity contribution in [2.24, 2.45) is 63.6 Å². The zero-order chi connectivity index (χ0) is 42.7. The molecule has 5 fully saturated rings. The number of cyclic esters (lactones) is 1. The van der Waals surface area contributed by atoms with E-state index in [0.717, 1.165) is 43.9 Å². The van der Waals surface area contributed by atoms with Crippen LogP contribution < -0.4 is 0 Å². The van der Waals surface area contributed by atoms with E-state index in [2.05, 4.69) is 34.6 Å². The number of carbonyl (C=O) groups is 4. The number of hydrogen-bond donors (Lipinski definition) is 1. The number of esters is 4. The molecule has 0 aromatic rings. The highest BCUT2D eigenvalue weighted by Gasteiger charge is 2.64. The van der Waals surface area contributed by atoms with E-state index in [0.29, 0.717) is 48.3 Å². The minimum Gasteiger partial charge on any atom is -0.465 e. The van der Waals surface area contributed by atoms with Gasteiger partial charge in [0.05, 0.1) is 36.4 Å². The zero-order valence-electron chi connectivity index (χ0n) is 38.3. The molecule has 9 nitrogen and oxygen atoms in total. The van der Waals surface area contributed by atoms with Crippen LogP contribution in [0.2, 0.25) is 0 Å². The van der Waals surface area contributed by atoms with E-state index in [1.54, 1.807) is 20.8 Å². The number of rotatable bonds is 12. The SMILES string of the molecule is CCC(C)(CC(C)C(=O)OC(C)(C)C)C(=O)OC1(C)CCOC(=O)C1.CCCC(C)C1CCC2C3CCC4C[C@@H](OC(=O)C(C)CC)CC[C@]4(C)C3C[C@H](O)[C@]12C. The molecule has 5 aliphatic rings. The van der Waals surface area contributed by atoms with Crippen molar-refractivity contribution in [3.8, 4) is 0 Å². The molecule has 5 rings (SSSR count). The summed E-state index contributed by atoms with van der Waals surface area (Å²) in [5.74, 6) is 2.67. The van der Waals surface area contributed by atoms with E-state index in [-0.39, 0.29) is 60.4 Å². The summed E-state index contributed by atoms with van der Waals surface area (Å²) < 4.78 is 22.0. The Kier molecular flexibility index (Phi) is 15.5. The van der Waals surface area contributed by atoms with Gasteiger partial charge in [-0.25, -0.2) is 0 Å². The Morgan fingerprint density at radius 1 is 0.877 bits per heavy atom. The maximum atomic E-state index is 12.8. The maximum absolute atomic E-state index is 12.8. The van der Waals surface area contributed by atoms with Crippen molar-refractivity contribution in [2.45, 2.75) is 210 Å². The molecule has 57 heavy (non-hydrogen) atoms. The van der Waals surface area contributed by atoms with Crippen LogP contribution in [0.4, 0.5) is 0 Å². The molecule has 0 bridgehead atoms. The van der Waals surface area contributed by atoms with Gasteiger partial charge in [-0.05, 0) is 152 Å². The number of aliphatic hydroxyl groups excluding tert-OH is 1. The van der Waals surface area contributed by atoms with E-state index in [1.807, 2.05) is 34.6 Å². The van der Waals surface area contributed by atoms with Gasteiger partial charge in [-0.3, -0.25) is 19.2 Å². The lowest BCUT2D eigenvalue weighted by atomic mass is 9.43. The van der Waals surface area contributed by atoms with Crippen LogP contribution in [0.25, 0.3) is 0 Å². The van der Waals surface area contributed by atoms with Crippen molar-refractivity contribution in [1.82, 2.24) is 0 Å². The van der Waals surface area contributed by atoms with Crippen molar-refractivity contribution in [3.63, 3.8) is 0 Å². The third-order valence-electron chi connectivity index (χ3n) is 16.1. The normalized spacial score (nSPS) is 37.6. The van der Waals surface area contributed by atoms with Crippen molar-refractivity contribution < 1.29 is 43.2 Å². The largest absolute Gasteiger partial charge is 0.465 e. The molecule has 1 heterocycles. The maximum Gasteiger partial charge on any atom is 0.312 e. The molecule has 1 aliphatic heterocycles. The highest BCUT2D eigenvalue weighted by atomic mass is 16.6. The van der Waals surface area contributed by atoms with Gasteiger partial charge in [-0.1, -0.05) is 68.2 Å². The summed E-state index contributed by atoms with van der Waals surface area (Å²) in [5, 5.41) is 11.7. The molecule has 1 saturated heterocycles. The molecule has 14 atom stereocenters. The average molecular weight is 803 g/mol. The Labute approximate surface area is 346 Å². The lowest BCUT2D eigenvalue weighted by Gasteiger charge is -2.62. The van der Waals surface area contributed by atoms with Gasteiger partial charge in [0, 0.05) is 6.42 Å². The van der Waals surface area contributed by atoms with Gasteiger partial charge in [0.25, 0.3) is 0 Å². The average Bonchev–Trinajstić information content (AvgIpc) is 3.49. The molecule has 0 amide bonds. The van der Waals surface area contributed by atoms with Crippen LogP contribution in [0, 0.1) is 63.6 Å². The monoisotopic (exact) mass is 803 g/mol. The Balaban J connectivity index is 0.000000262. The second-order valence-electron chi connectivity index (χ2n) is 21.4. The van der Waals surface area contributed by atoms with Gasteiger partial charge in [0.15, 0.2) is 0 Å². The number of hydrogen-bond acceptors (Lipinski definition) is 9. The van der Waals surface area contributed by atoms with Gasteiger partial charge in [-0.2, -0.15) is 0 Å². The quantitative estimate of drug-likeness (QED) is 0.152. The third-order valence-corrected chi connectivity index (χ3v) is 16.1. The lowest BCUT2D eigenvalue weighted by molar-refractivity contribution is -0.184. The van der Waals surface area contributed by atoms with E-state index < -0.39 is 22.5 Å². The van der Waals surface area contributed by atoms with E-state index in [4.69, 9.17) is 18.9 Å². The first-order chi connectivity index (χ1) is 26.5. The Bertz CT molecular complexity index is 1400. The predicted octanol–water partition coefficient (Wildman–Crippen LogP) is 10.4. The number of ether oxygens (including phenoxy) is 4. The summed E-state index contributed by atoms with van der Waals surface area (Å²) in [6.45, 7) is 26.7. The highest BCUT2D eigenvalue weighted by Crippen LogP contribution is 2.68. The van der Waals surface area contributed by atoms with Crippen molar-refractivity contribution >= 4 is 23.9 Å². The van der Waals surface area contributed by atoms with E-state index in [1.165, 1.54) is 38.5 Å². The second-order valence-corrected chi connectivity index (χ2v) is 21.4.